The average Bonchev–Trinajstić information content (AvgIpc) is 2.92. The van der Waals surface area contributed by atoms with E-state index in [0.29, 0.717) is 10.6 Å². The molecule has 0 aliphatic rings. The smallest absolute Gasteiger partial charge is 0.271 e. The molecule has 13 heteroatoms. The van der Waals surface area contributed by atoms with E-state index in [-0.39, 0.29) is 34.3 Å². The predicted octanol–water partition coefficient (Wildman–Crippen LogP) is 5.82. The van der Waals surface area contributed by atoms with Gasteiger partial charge in [-0.15, -0.1) is 0 Å². The maximum Gasteiger partial charge on any atom is 0.271 e. The summed E-state index contributed by atoms with van der Waals surface area (Å²) in [6.45, 7) is 6.26. The van der Waals surface area contributed by atoms with Crippen LogP contribution in [0, 0.1) is 10.1 Å². The zero-order valence-corrected chi connectivity index (χ0v) is 25.9. The van der Waals surface area contributed by atoms with Crippen LogP contribution in [0.15, 0.2) is 77.7 Å². The van der Waals surface area contributed by atoms with Crippen molar-refractivity contribution in [2.75, 3.05) is 10.8 Å². The fourth-order valence-electron chi connectivity index (χ4n) is 4.22. The molecule has 2 amide bonds. The van der Waals surface area contributed by atoms with Crippen LogP contribution >= 0.6 is 23.2 Å². The zero-order valence-electron chi connectivity index (χ0n) is 23.6. The molecule has 1 atom stereocenters. The summed E-state index contributed by atoms with van der Waals surface area (Å²) in [6, 6.07) is 16.2. The fraction of sp³-hybridized carbons (Fsp3) is 0.310. The molecule has 0 aliphatic carbocycles. The maximum atomic E-state index is 14.1. The molecule has 0 aliphatic heterocycles. The molecule has 42 heavy (non-hydrogen) atoms. The van der Waals surface area contributed by atoms with Gasteiger partial charge in [-0.05, 0) is 63.1 Å². The Morgan fingerprint density at radius 3 is 2.24 bits per heavy atom. The van der Waals surface area contributed by atoms with Crippen LogP contribution in [0.1, 0.15) is 39.7 Å². The van der Waals surface area contributed by atoms with Gasteiger partial charge < -0.3 is 10.2 Å². The number of amides is 2. The second kappa shape index (κ2) is 13.5. The number of halogens is 2. The van der Waals surface area contributed by atoms with Crippen LogP contribution in [0.3, 0.4) is 0 Å². The van der Waals surface area contributed by atoms with Gasteiger partial charge in [0.25, 0.3) is 15.7 Å². The number of nitro groups is 1. The second-order valence-electron chi connectivity index (χ2n) is 10.5. The minimum absolute atomic E-state index is 0.0851. The highest BCUT2D eigenvalue weighted by Gasteiger charge is 2.35. The molecule has 3 aromatic rings. The Balaban J connectivity index is 2.13. The molecule has 3 aromatic carbocycles. The molecule has 0 fully saturated rings. The van der Waals surface area contributed by atoms with Crippen LogP contribution in [0.4, 0.5) is 11.4 Å². The van der Waals surface area contributed by atoms with E-state index >= 15 is 0 Å². The standard InChI is InChI=1S/C29H32Cl2N4O6S/c1-5-26(28(37)32-29(2,3)4)33(18-20-14-15-21(30)16-25(20)31)27(36)19-34(22-10-9-11-23(17-22)35(38)39)42(40,41)24-12-7-6-8-13-24/h6-17,26H,5,18-19H2,1-4H3,(H,32,37)/t26-/m1/s1. The number of nitrogens with zero attached hydrogens (tertiary/aromatic N) is 3. The molecule has 224 valence electrons. The maximum absolute atomic E-state index is 14.1. The third kappa shape index (κ3) is 8.21. The van der Waals surface area contributed by atoms with E-state index in [4.69, 9.17) is 23.2 Å². The van der Waals surface area contributed by atoms with Crippen LogP contribution in [0.5, 0.6) is 0 Å². The quantitative estimate of drug-likeness (QED) is 0.209. The van der Waals surface area contributed by atoms with Gasteiger partial charge in [-0.2, -0.15) is 0 Å². The number of sulfonamides is 1. The van der Waals surface area contributed by atoms with Crippen LogP contribution in [0.25, 0.3) is 0 Å². The van der Waals surface area contributed by atoms with Gasteiger partial charge in [0.15, 0.2) is 0 Å². The summed E-state index contributed by atoms with van der Waals surface area (Å²) in [4.78, 5) is 39.5. The van der Waals surface area contributed by atoms with Crippen molar-refractivity contribution in [2.45, 2.75) is 57.1 Å². The molecule has 0 bridgehead atoms. The molecule has 1 N–H and O–H groups in total. The van der Waals surface area contributed by atoms with Crippen LogP contribution < -0.4 is 9.62 Å². The van der Waals surface area contributed by atoms with Crippen molar-refractivity contribution in [3.63, 3.8) is 0 Å². The van der Waals surface area contributed by atoms with Crippen molar-refractivity contribution in [1.29, 1.82) is 0 Å². The van der Waals surface area contributed by atoms with Crippen molar-refractivity contribution >= 4 is 56.4 Å². The number of nitrogens with one attached hydrogen (secondary N) is 1. The summed E-state index contributed by atoms with van der Waals surface area (Å²) in [5.74, 6) is -1.15. The van der Waals surface area contributed by atoms with Gasteiger partial charge in [0.05, 0.1) is 15.5 Å². The molecule has 0 aromatic heterocycles. The molecule has 10 nitrogen and oxygen atoms in total. The van der Waals surface area contributed by atoms with Gasteiger partial charge in [-0.25, -0.2) is 8.42 Å². The van der Waals surface area contributed by atoms with Crippen LogP contribution in [-0.4, -0.2) is 48.2 Å². The highest BCUT2D eigenvalue weighted by molar-refractivity contribution is 7.92. The van der Waals surface area contributed by atoms with Crippen molar-refractivity contribution < 1.29 is 22.9 Å². The molecule has 3 rings (SSSR count). The lowest BCUT2D eigenvalue weighted by Gasteiger charge is -2.35. The van der Waals surface area contributed by atoms with E-state index in [1.54, 1.807) is 45.9 Å². The SMILES string of the molecule is CC[C@H](C(=O)NC(C)(C)C)N(Cc1ccc(Cl)cc1Cl)C(=O)CN(c1cccc([N+](=O)[O-])c1)S(=O)(=O)c1ccccc1. The van der Waals surface area contributed by atoms with Gasteiger partial charge in [0, 0.05) is 34.3 Å². The first-order valence-corrected chi connectivity index (χ1v) is 15.2. The Morgan fingerprint density at radius 2 is 1.67 bits per heavy atom. The van der Waals surface area contributed by atoms with Gasteiger partial charge in [0.2, 0.25) is 11.8 Å². The third-order valence-corrected chi connectivity index (χ3v) is 8.55. The Labute approximate surface area is 255 Å². The van der Waals surface area contributed by atoms with E-state index in [9.17, 15) is 28.1 Å². The third-order valence-electron chi connectivity index (χ3n) is 6.18. The monoisotopic (exact) mass is 634 g/mol. The van der Waals surface area contributed by atoms with Crippen molar-refractivity contribution in [3.05, 3.63) is 98.5 Å². The summed E-state index contributed by atoms with van der Waals surface area (Å²) in [5, 5.41) is 15.0. The molecule has 0 heterocycles. The summed E-state index contributed by atoms with van der Waals surface area (Å²) >= 11 is 12.5. The number of carbonyl (C=O) groups is 2. The van der Waals surface area contributed by atoms with Gasteiger partial charge in [-0.3, -0.25) is 24.0 Å². The summed E-state index contributed by atoms with van der Waals surface area (Å²) in [5.41, 5.74) is -0.556. The lowest BCUT2D eigenvalue weighted by atomic mass is 10.1. The van der Waals surface area contributed by atoms with Gasteiger partial charge in [0.1, 0.15) is 12.6 Å². The van der Waals surface area contributed by atoms with Crippen LogP contribution in [0.2, 0.25) is 10.0 Å². The number of hydrogen-bond acceptors (Lipinski definition) is 6. The molecule has 0 unspecified atom stereocenters. The first kappa shape index (κ1) is 32.8. The number of anilines is 1. The van der Waals surface area contributed by atoms with Crippen molar-refractivity contribution in [3.8, 4) is 0 Å². The Bertz CT molecular complexity index is 1560. The first-order chi connectivity index (χ1) is 19.6. The van der Waals surface area contributed by atoms with Gasteiger partial charge >= 0.3 is 0 Å². The number of hydrogen-bond donors (Lipinski definition) is 1. The van der Waals surface area contributed by atoms with E-state index in [1.807, 2.05) is 0 Å². The Hall–Kier alpha value is -3.67. The van der Waals surface area contributed by atoms with E-state index < -0.39 is 44.9 Å². The molecular weight excluding hydrogens is 603 g/mol. The molecule has 0 saturated heterocycles. The van der Waals surface area contributed by atoms with Gasteiger partial charge in [-0.1, -0.05) is 60.5 Å². The highest BCUT2D eigenvalue weighted by atomic mass is 35.5. The minimum Gasteiger partial charge on any atom is -0.350 e. The molecule has 0 saturated carbocycles. The van der Waals surface area contributed by atoms with E-state index in [1.165, 1.54) is 53.4 Å². The lowest BCUT2D eigenvalue weighted by molar-refractivity contribution is -0.384. The number of carbonyl (C=O) groups excluding carboxylic acids is 2. The van der Waals surface area contributed by atoms with Crippen molar-refractivity contribution in [2.24, 2.45) is 0 Å². The number of nitro benzene ring substituents is 1. The molecular formula is C29H32Cl2N4O6S. The Kier molecular flexibility index (Phi) is 10.6. The Morgan fingerprint density at radius 1 is 1.00 bits per heavy atom. The normalized spacial score (nSPS) is 12.3. The summed E-state index contributed by atoms with van der Waals surface area (Å²) < 4.78 is 28.5. The van der Waals surface area contributed by atoms with E-state index in [2.05, 4.69) is 5.32 Å². The summed E-state index contributed by atoms with van der Waals surface area (Å²) in [7, 11) is -4.37. The highest BCUT2D eigenvalue weighted by Crippen LogP contribution is 2.29. The van der Waals surface area contributed by atoms with E-state index in [0.717, 1.165) is 10.4 Å². The minimum atomic E-state index is -4.37. The molecule has 0 spiro atoms. The van der Waals surface area contributed by atoms with Crippen LogP contribution in [-0.2, 0) is 26.2 Å². The largest absolute Gasteiger partial charge is 0.350 e. The zero-order chi connectivity index (χ0) is 31.2. The topological polar surface area (TPSA) is 130 Å². The molecule has 0 radical (unpaired) electrons. The number of benzene rings is 3. The van der Waals surface area contributed by atoms with Crippen molar-refractivity contribution in [1.82, 2.24) is 10.2 Å². The average molecular weight is 636 g/mol. The second-order valence-corrected chi connectivity index (χ2v) is 13.2. The lowest BCUT2D eigenvalue weighted by Crippen LogP contribution is -2.55. The number of non-ortho nitro benzene ring substituents is 1. The number of rotatable bonds is 11. The fourth-order valence-corrected chi connectivity index (χ4v) is 6.11. The first-order valence-electron chi connectivity index (χ1n) is 13.0. The predicted molar refractivity (Wildman–Crippen MR) is 163 cm³/mol. The summed E-state index contributed by atoms with van der Waals surface area (Å²) in [6.07, 6.45) is 0.209.